The van der Waals surface area contributed by atoms with Crippen molar-refractivity contribution >= 4 is 94.0 Å². The second kappa shape index (κ2) is 32.0. The number of carboxylic acid groups (broad SMARTS) is 1. The lowest BCUT2D eigenvalue weighted by Gasteiger charge is -2.42. The van der Waals surface area contributed by atoms with E-state index in [-0.39, 0.29) is 113 Å². The summed E-state index contributed by atoms with van der Waals surface area (Å²) in [5.41, 5.74) is 34.8. The van der Waals surface area contributed by atoms with Gasteiger partial charge in [0.05, 0.1) is 24.9 Å². The minimum atomic E-state index is -1.67. The van der Waals surface area contributed by atoms with Gasteiger partial charge in [-0.25, -0.2) is 9.79 Å². The molecule has 0 radical (unpaired) electrons. The van der Waals surface area contributed by atoms with E-state index in [1.54, 1.807) is 41.8 Å². The fraction of sp³-hybridized carbons (Fsp3) is 0.492. The maximum Gasteiger partial charge on any atom is 0.326 e. The van der Waals surface area contributed by atoms with E-state index in [2.05, 4.69) is 41.6 Å². The van der Waals surface area contributed by atoms with E-state index in [0.717, 1.165) is 29.7 Å². The predicted molar refractivity (Wildman–Crippen MR) is 341 cm³/mol. The number of carboxylic acids is 1. The third-order valence-corrected chi connectivity index (χ3v) is 18.1. The maximum absolute atomic E-state index is 15.4. The normalized spacial score (nSPS) is 21.7. The van der Waals surface area contributed by atoms with Crippen LogP contribution in [0.25, 0.3) is 0 Å². The van der Waals surface area contributed by atoms with Crippen LogP contribution in [0.5, 0.6) is 0 Å². The molecular formula is C61H82N18O13S. The van der Waals surface area contributed by atoms with Crippen LogP contribution in [0.2, 0.25) is 0 Å². The number of amides is 9. The van der Waals surface area contributed by atoms with Gasteiger partial charge in [0.1, 0.15) is 48.3 Å². The molecule has 20 N–H and O–H groups in total. The van der Waals surface area contributed by atoms with Gasteiger partial charge in [-0.1, -0.05) is 55.3 Å². The van der Waals surface area contributed by atoms with E-state index in [1.807, 2.05) is 6.07 Å². The number of rotatable bonds is 27. The molecule has 1 aliphatic carbocycles. The van der Waals surface area contributed by atoms with E-state index < -0.39 is 133 Å². The van der Waals surface area contributed by atoms with Gasteiger partial charge >= 0.3 is 5.97 Å². The zero-order valence-electron chi connectivity index (χ0n) is 51.2. The minimum Gasteiger partial charge on any atom is -0.480 e. The number of guanidine groups is 3. The Morgan fingerprint density at radius 1 is 0.667 bits per heavy atom. The van der Waals surface area contributed by atoms with Gasteiger partial charge in [-0.3, -0.25) is 53.1 Å². The molecule has 5 aliphatic rings. The van der Waals surface area contributed by atoms with E-state index >= 15 is 4.79 Å². The summed E-state index contributed by atoms with van der Waals surface area (Å²) in [6.45, 7) is -1.93. The molecule has 93 heavy (non-hydrogen) atoms. The summed E-state index contributed by atoms with van der Waals surface area (Å²) in [7, 11) is 0. The van der Waals surface area contributed by atoms with Crippen LogP contribution >= 0.6 is 11.3 Å². The van der Waals surface area contributed by atoms with Gasteiger partial charge in [0.15, 0.2) is 17.9 Å². The average Bonchev–Trinajstić information content (AvgIpc) is 1.70. The van der Waals surface area contributed by atoms with Crippen molar-refractivity contribution in [3.8, 4) is 0 Å². The lowest BCUT2D eigenvalue weighted by Crippen LogP contribution is -2.63. The van der Waals surface area contributed by atoms with Crippen LogP contribution in [0.3, 0.4) is 0 Å². The number of β-amino-alcohol motifs (C(OH)–C–C–N with tert-alkyl or cyclic N) is 1. The second-order valence-electron chi connectivity index (χ2n) is 23.6. The molecule has 2 saturated heterocycles. The first-order chi connectivity index (χ1) is 44.5. The van der Waals surface area contributed by atoms with Crippen molar-refractivity contribution in [2.24, 2.45) is 55.3 Å². The lowest BCUT2D eigenvalue weighted by atomic mass is 9.84. The molecule has 3 fully saturated rings. The Bertz CT molecular complexity index is 3350. The highest BCUT2D eigenvalue weighted by Crippen LogP contribution is 2.41. The molecule has 4 aliphatic heterocycles. The lowest BCUT2D eigenvalue weighted by molar-refractivity contribution is -0.153. The summed E-state index contributed by atoms with van der Waals surface area (Å²) in [5, 5.41) is 46.8. The van der Waals surface area contributed by atoms with Crippen LogP contribution in [-0.4, -0.2) is 212 Å². The maximum atomic E-state index is 15.4. The first kappa shape index (κ1) is 69.2. The number of carbonyl (C=O) groups is 10. The minimum absolute atomic E-state index is 0.00161. The van der Waals surface area contributed by atoms with Gasteiger partial charge < -0.3 is 95.9 Å². The first-order valence-electron chi connectivity index (χ1n) is 30.8. The molecule has 32 heteroatoms. The Balaban J connectivity index is 0.934. The van der Waals surface area contributed by atoms with E-state index in [9.17, 15) is 58.5 Å². The molecule has 11 unspecified atom stereocenters. The quantitative estimate of drug-likeness (QED) is 0.0153. The number of aliphatic hydroxyl groups excluding tert-OH is 2. The number of hydrogen-bond acceptors (Lipinski definition) is 16. The Kier molecular flexibility index (Phi) is 23.8. The van der Waals surface area contributed by atoms with E-state index in [1.165, 1.54) is 56.4 Å². The Labute approximate surface area is 539 Å². The van der Waals surface area contributed by atoms with Gasteiger partial charge in [0, 0.05) is 68.5 Å². The molecule has 0 spiro atoms. The van der Waals surface area contributed by atoms with E-state index in [4.69, 9.17) is 34.4 Å². The van der Waals surface area contributed by atoms with Crippen LogP contribution in [0.1, 0.15) is 90.6 Å². The van der Waals surface area contributed by atoms with Crippen LogP contribution < -0.4 is 61.0 Å². The highest BCUT2D eigenvalue weighted by Gasteiger charge is 2.52. The third-order valence-electron chi connectivity index (χ3n) is 17.2. The number of thiophene rings is 1. The van der Waals surface area contributed by atoms with Crippen molar-refractivity contribution in [1.29, 1.82) is 0 Å². The molecule has 2 aromatic carbocycles. The number of fused-ring (bicyclic) bond motifs is 2. The van der Waals surface area contributed by atoms with Crippen molar-refractivity contribution in [2.75, 3.05) is 39.3 Å². The molecule has 1 aromatic heterocycles. The molecule has 8 rings (SSSR count). The Hall–Kier alpha value is -9.69. The molecule has 9 amide bonds. The molecule has 0 bridgehead atoms. The van der Waals surface area contributed by atoms with Gasteiger partial charge in [-0.2, -0.15) is 0 Å². The summed E-state index contributed by atoms with van der Waals surface area (Å²) in [6.07, 6.45) is 5.21. The van der Waals surface area contributed by atoms with Gasteiger partial charge in [0.25, 0.3) is 5.91 Å². The molecule has 31 nitrogen and oxygen atoms in total. The van der Waals surface area contributed by atoms with Crippen molar-refractivity contribution in [3.63, 3.8) is 0 Å². The van der Waals surface area contributed by atoms with Crippen LogP contribution in [0.4, 0.5) is 5.69 Å². The number of aliphatic carboxylic acids is 1. The molecule has 500 valence electrons. The number of nitrogens with one attached hydrogen (secondary N) is 5. The summed E-state index contributed by atoms with van der Waals surface area (Å²) in [6, 6.07) is 5.60. The van der Waals surface area contributed by atoms with Crippen LogP contribution in [0.15, 0.2) is 93.2 Å². The average molecular weight is 1310 g/mol. The standard InChI is InChI=1S/C61H82N18O13S/c62-59(63)68-21-5-13-40(73-50(83)33-17-19-37(20-18-33)71-61(66)67)54(87)76-23-7-16-45(76)56(89)78-31-38(81)27-46(78)52(85)70-29-49(82)72-42(28-39-12-8-24-93-39)51(84)75-43(32-80)55(88)77-30-36-11-2-1-9-34(36)25-48(77)57(90)79-44-15-4-3-10-35(44)26-47(79)53(86)74-41(58(91)92)14-6-22-69-60(64)65/h1-2,7-9,11-12,16-20,24,35,38,40-48,80-81H,3-6,10,13-15,21-23,25-32H2,(H,70,85)(H,72,82)(H,73,83)(H,74,86)(H,75,84)(H,91,92)(H4,62,63,68)(H4,64,65,69)(H4,66,67,71). The highest BCUT2D eigenvalue weighted by atomic mass is 32.1. The number of hydrogen-bond donors (Lipinski definition) is 14. The fourth-order valence-electron chi connectivity index (χ4n) is 12.7. The van der Waals surface area contributed by atoms with Crippen LogP contribution in [-0.2, 0) is 62.5 Å². The van der Waals surface area contributed by atoms with E-state index in [0.29, 0.717) is 22.5 Å². The Morgan fingerprint density at radius 2 is 1.34 bits per heavy atom. The first-order valence-corrected chi connectivity index (χ1v) is 31.7. The van der Waals surface area contributed by atoms with Crippen molar-refractivity contribution in [2.45, 2.75) is 144 Å². The number of nitrogens with two attached hydrogens (primary N) is 6. The number of likely N-dealkylation sites (tertiary alicyclic amines) is 2. The monoisotopic (exact) mass is 1310 g/mol. The third kappa shape index (κ3) is 17.9. The SMILES string of the molecule is NC(N)=NCCCC(NC(=O)C1CC2CCCCC2N1C(=O)C1Cc2ccccc2CN1C(=O)C(CO)NC(=O)C(Cc1cccs1)NC(=O)CNC(=O)C1CC(O)CN1C(=O)C1C=CCN1C(=O)C(CCCN=C(N)N)NC(=O)c1ccc(N=C(N)N)cc1)C(=O)O. The zero-order chi connectivity index (χ0) is 67.0. The number of aliphatic imine (C=N–C) groups is 3. The molecule has 11 atom stereocenters. The van der Waals surface area contributed by atoms with Crippen molar-refractivity contribution in [3.05, 3.63) is 99.8 Å². The fourth-order valence-corrected chi connectivity index (χ4v) is 13.4. The number of benzene rings is 2. The smallest absolute Gasteiger partial charge is 0.326 e. The van der Waals surface area contributed by atoms with Gasteiger partial charge in [0.2, 0.25) is 47.3 Å². The molecule has 5 heterocycles. The van der Waals surface area contributed by atoms with Gasteiger partial charge in [-0.15, -0.1) is 11.3 Å². The molecule has 3 aromatic rings. The largest absolute Gasteiger partial charge is 0.480 e. The second-order valence-corrected chi connectivity index (χ2v) is 24.6. The van der Waals surface area contributed by atoms with Crippen molar-refractivity contribution in [1.82, 2.24) is 46.2 Å². The Morgan fingerprint density at radius 3 is 2.00 bits per heavy atom. The summed E-state index contributed by atoms with van der Waals surface area (Å²) in [5.74, 6) is -8.59. The summed E-state index contributed by atoms with van der Waals surface area (Å²) in [4.78, 5) is 159. The van der Waals surface area contributed by atoms with Crippen molar-refractivity contribution < 1.29 is 63.3 Å². The predicted octanol–water partition coefficient (Wildman–Crippen LogP) is -3.41. The number of aliphatic hydroxyl groups is 2. The highest BCUT2D eigenvalue weighted by molar-refractivity contribution is 7.09. The molecular weight excluding hydrogens is 1220 g/mol. The summed E-state index contributed by atoms with van der Waals surface area (Å²) >= 11 is 1.27. The summed E-state index contributed by atoms with van der Waals surface area (Å²) < 4.78 is 0. The zero-order valence-corrected chi connectivity index (χ0v) is 52.0. The van der Waals surface area contributed by atoms with Gasteiger partial charge in [-0.05, 0) is 97.7 Å². The number of carbonyl (C=O) groups excluding carboxylic acids is 9. The number of nitrogens with zero attached hydrogens (tertiary/aromatic N) is 7. The topological polar surface area (TPSA) is 498 Å². The van der Waals surface area contributed by atoms with Crippen LogP contribution in [0, 0.1) is 5.92 Å². The molecule has 1 saturated carbocycles.